The van der Waals surface area contributed by atoms with Crippen molar-refractivity contribution in [3.8, 4) is 0 Å². The van der Waals surface area contributed by atoms with Gasteiger partial charge in [-0.15, -0.1) is 0 Å². The quantitative estimate of drug-likeness (QED) is 0.431. The van der Waals surface area contributed by atoms with E-state index in [1.165, 1.54) is 12.8 Å². The number of hydrogen-bond acceptors (Lipinski definition) is 7. The van der Waals surface area contributed by atoms with E-state index in [1.54, 1.807) is 36.4 Å². The summed E-state index contributed by atoms with van der Waals surface area (Å²) < 4.78 is 26.1. The van der Waals surface area contributed by atoms with Gasteiger partial charge < -0.3 is 20.6 Å². The first kappa shape index (κ1) is 25.0. The number of rotatable bonds is 9. The van der Waals surface area contributed by atoms with Gasteiger partial charge in [-0.2, -0.15) is 0 Å². The van der Waals surface area contributed by atoms with Crippen LogP contribution in [0.3, 0.4) is 0 Å². The summed E-state index contributed by atoms with van der Waals surface area (Å²) in [4.78, 5) is 20.7. The zero-order valence-electron chi connectivity index (χ0n) is 20.7. The molecule has 1 aromatic heterocycles. The van der Waals surface area contributed by atoms with Crippen LogP contribution in [0.25, 0.3) is 0 Å². The summed E-state index contributed by atoms with van der Waals surface area (Å²) >= 11 is 0. The van der Waals surface area contributed by atoms with Gasteiger partial charge in [0.15, 0.2) is 9.84 Å². The molecule has 1 saturated heterocycles. The zero-order chi connectivity index (χ0) is 25.2. The van der Waals surface area contributed by atoms with Crippen LogP contribution in [0.4, 0.5) is 17.3 Å². The summed E-state index contributed by atoms with van der Waals surface area (Å²) in [7, 11) is -3.41. The molecule has 0 radical (unpaired) electrons. The summed E-state index contributed by atoms with van der Waals surface area (Å²) in [6.45, 7) is 2.43. The standard InChI is InChI=1S/C27H36N4O4S/c32-18-4-15-28-24-10-9-23(25(30-24)31-16-13-27(11-12-27)14-17-31)26(33)29-20-5-3-8-22(19-20)36(34,35)21-6-1-2-7-21/h3,5,8-10,19,21,32H,1-2,4,6-7,11-18H2,(H,28,30)(H,29,33). The van der Waals surface area contributed by atoms with E-state index >= 15 is 0 Å². The van der Waals surface area contributed by atoms with Crippen LogP contribution in [-0.4, -0.2) is 55.9 Å². The fraction of sp³-hybridized carbons (Fsp3) is 0.556. The molecule has 9 heteroatoms. The highest BCUT2D eigenvalue weighted by Crippen LogP contribution is 2.54. The Balaban J connectivity index is 1.37. The third-order valence-corrected chi connectivity index (χ3v) is 10.3. The maximum Gasteiger partial charge on any atom is 0.259 e. The molecule has 36 heavy (non-hydrogen) atoms. The molecule has 3 aliphatic rings. The molecule has 5 rings (SSSR count). The summed E-state index contributed by atoms with van der Waals surface area (Å²) in [5.74, 6) is 1.01. The molecule has 3 fully saturated rings. The van der Waals surface area contributed by atoms with Crippen molar-refractivity contribution >= 4 is 33.1 Å². The monoisotopic (exact) mass is 512 g/mol. The Bertz CT molecular complexity index is 1200. The number of sulfone groups is 1. The molecule has 1 spiro atoms. The maximum absolute atomic E-state index is 13.4. The second-order valence-corrected chi connectivity index (χ2v) is 12.7. The topological polar surface area (TPSA) is 112 Å². The van der Waals surface area contributed by atoms with Crippen LogP contribution in [-0.2, 0) is 9.84 Å². The van der Waals surface area contributed by atoms with Gasteiger partial charge in [0, 0.05) is 31.9 Å². The fourth-order valence-corrected chi connectivity index (χ4v) is 7.37. The molecular formula is C27H36N4O4S. The molecule has 2 aromatic rings. The number of carbonyl (C=O) groups is 1. The van der Waals surface area contributed by atoms with Crippen LogP contribution in [0.15, 0.2) is 41.3 Å². The van der Waals surface area contributed by atoms with Gasteiger partial charge in [-0.3, -0.25) is 4.79 Å². The van der Waals surface area contributed by atoms with E-state index in [2.05, 4.69) is 15.5 Å². The van der Waals surface area contributed by atoms with Crippen molar-refractivity contribution < 1.29 is 18.3 Å². The van der Waals surface area contributed by atoms with Gasteiger partial charge in [0.1, 0.15) is 11.6 Å². The minimum absolute atomic E-state index is 0.101. The number of carbonyl (C=O) groups excluding carboxylic acids is 1. The van der Waals surface area contributed by atoms with E-state index in [1.807, 2.05) is 0 Å². The normalized spacial score (nSPS) is 19.4. The van der Waals surface area contributed by atoms with Gasteiger partial charge in [0.25, 0.3) is 5.91 Å². The maximum atomic E-state index is 13.4. The third-order valence-electron chi connectivity index (χ3n) is 8.00. The van der Waals surface area contributed by atoms with Crippen LogP contribution >= 0.6 is 0 Å². The van der Waals surface area contributed by atoms with E-state index < -0.39 is 9.84 Å². The SMILES string of the molecule is O=C(Nc1cccc(S(=O)(=O)C2CCCC2)c1)c1ccc(NCCCO)nc1N1CCC2(CC1)CC2. The molecular weight excluding hydrogens is 476 g/mol. The Morgan fingerprint density at radius 1 is 1.08 bits per heavy atom. The van der Waals surface area contributed by atoms with Gasteiger partial charge in [0.2, 0.25) is 0 Å². The number of amides is 1. The zero-order valence-corrected chi connectivity index (χ0v) is 21.5. The average molecular weight is 513 g/mol. The molecule has 2 aliphatic carbocycles. The molecule has 2 saturated carbocycles. The van der Waals surface area contributed by atoms with Crippen molar-refractivity contribution in [2.75, 3.05) is 41.8 Å². The van der Waals surface area contributed by atoms with E-state index in [4.69, 9.17) is 10.1 Å². The van der Waals surface area contributed by atoms with Crippen LogP contribution < -0.4 is 15.5 Å². The lowest BCUT2D eigenvalue weighted by molar-refractivity contribution is 0.102. The first-order valence-corrected chi connectivity index (χ1v) is 14.7. The number of aliphatic hydroxyl groups is 1. The van der Waals surface area contributed by atoms with E-state index in [9.17, 15) is 13.2 Å². The number of pyridine rings is 1. The predicted molar refractivity (Wildman–Crippen MR) is 141 cm³/mol. The van der Waals surface area contributed by atoms with Gasteiger partial charge in [0.05, 0.1) is 15.7 Å². The highest BCUT2D eigenvalue weighted by atomic mass is 32.2. The van der Waals surface area contributed by atoms with Gasteiger partial charge in [-0.05, 0) is 80.7 Å². The van der Waals surface area contributed by atoms with Crippen molar-refractivity contribution in [1.82, 2.24) is 4.98 Å². The molecule has 1 aliphatic heterocycles. The van der Waals surface area contributed by atoms with Crippen LogP contribution in [0.5, 0.6) is 0 Å². The smallest absolute Gasteiger partial charge is 0.259 e. The number of aliphatic hydroxyl groups excluding tert-OH is 1. The molecule has 0 bridgehead atoms. The Morgan fingerprint density at radius 2 is 1.83 bits per heavy atom. The number of piperidine rings is 1. The number of hydrogen-bond donors (Lipinski definition) is 3. The highest BCUT2D eigenvalue weighted by molar-refractivity contribution is 7.92. The van der Waals surface area contributed by atoms with E-state index in [0.717, 1.165) is 38.8 Å². The lowest BCUT2D eigenvalue weighted by Gasteiger charge is -2.34. The molecule has 194 valence electrons. The number of nitrogens with zero attached hydrogens (tertiary/aromatic N) is 2. The van der Waals surface area contributed by atoms with Crippen molar-refractivity contribution in [3.05, 3.63) is 42.0 Å². The second kappa shape index (κ2) is 10.4. The molecule has 1 aromatic carbocycles. The molecule has 1 amide bonds. The Labute approximate surface area is 213 Å². The highest BCUT2D eigenvalue weighted by Gasteiger charge is 2.45. The summed E-state index contributed by atoms with van der Waals surface area (Å²) in [6, 6.07) is 10.2. The lowest BCUT2D eigenvalue weighted by atomic mass is 9.93. The van der Waals surface area contributed by atoms with Crippen LogP contribution in [0.1, 0.15) is 68.1 Å². The van der Waals surface area contributed by atoms with Gasteiger partial charge in [-0.1, -0.05) is 18.9 Å². The minimum atomic E-state index is -3.41. The number of nitrogens with one attached hydrogen (secondary N) is 2. The molecule has 8 nitrogen and oxygen atoms in total. The molecule has 3 N–H and O–H groups in total. The lowest BCUT2D eigenvalue weighted by Crippen LogP contribution is -2.36. The van der Waals surface area contributed by atoms with Crippen LogP contribution in [0, 0.1) is 5.41 Å². The Morgan fingerprint density at radius 3 is 2.53 bits per heavy atom. The van der Waals surface area contributed by atoms with Crippen LogP contribution in [0.2, 0.25) is 0 Å². The Hall–Kier alpha value is -2.65. The van der Waals surface area contributed by atoms with Crippen molar-refractivity contribution in [3.63, 3.8) is 0 Å². The van der Waals surface area contributed by atoms with Crippen molar-refractivity contribution in [2.45, 2.75) is 67.9 Å². The largest absolute Gasteiger partial charge is 0.396 e. The first-order chi connectivity index (χ1) is 17.4. The predicted octanol–water partition coefficient (Wildman–Crippen LogP) is 4.22. The Kier molecular flexibility index (Phi) is 7.21. The molecule has 0 unspecified atom stereocenters. The van der Waals surface area contributed by atoms with Gasteiger partial charge in [-0.25, -0.2) is 13.4 Å². The van der Waals surface area contributed by atoms with Crippen molar-refractivity contribution in [1.29, 1.82) is 0 Å². The summed E-state index contributed by atoms with van der Waals surface area (Å²) in [5, 5.41) is 14.9. The first-order valence-electron chi connectivity index (χ1n) is 13.2. The minimum Gasteiger partial charge on any atom is -0.396 e. The number of aromatic nitrogens is 1. The number of anilines is 3. The van der Waals surface area contributed by atoms with E-state index in [0.29, 0.717) is 54.1 Å². The summed E-state index contributed by atoms with van der Waals surface area (Å²) in [6.07, 6.45) is 8.71. The third kappa shape index (κ3) is 5.37. The van der Waals surface area contributed by atoms with Crippen molar-refractivity contribution in [2.24, 2.45) is 5.41 Å². The number of benzene rings is 1. The molecule has 0 atom stereocenters. The average Bonchev–Trinajstić information content (AvgIpc) is 3.39. The second-order valence-electron chi connectivity index (χ2n) is 10.5. The summed E-state index contributed by atoms with van der Waals surface area (Å²) in [5.41, 5.74) is 1.44. The van der Waals surface area contributed by atoms with E-state index in [-0.39, 0.29) is 22.7 Å². The fourth-order valence-electron chi connectivity index (χ4n) is 5.47. The van der Waals surface area contributed by atoms with Gasteiger partial charge >= 0.3 is 0 Å². The molecule has 2 heterocycles.